The Bertz CT molecular complexity index is 485. The van der Waals surface area contributed by atoms with Crippen molar-refractivity contribution in [3.05, 3.63) is 36.3 Å². The summed E-state index contributed by atoms with van der Waals surface area (Å²) in [7, 11) is -3.83. The van der Waals surface area contributed by atoms with Crippen LogP contribution >= 0.6 is 0 Å². The van der Waals surface area contributed by atoms with Crippen LogP contribution in [0.4, 0.5) is 0 Å². The van der Waals surface area contributed by atoms with Gasteiger partial charge in [-0.25, -0.2) is 8.42 Å². The summed E-state index contributed by atoms with van der Waals surface area (Å²) in [6.07, 6.45) is 7.39. The van der Waals surface area contributed by atoms with Crippen LogP contribution in [0.3, 0.4) is 0 Å². The molecule has 0 aliphatic carbocycles. The first-order valence-electron chi connectivity index (χ1n) is 4.76. The lowest BCUT2D eigenvalue weighted by Gasteiger charge is -2.13. The minimum Gasteiger partial charge on any atom is -0.299 e. The maximum atomic E-state index is 11.7. The van der Waals surface area contributed by atoms with E-state index in [0.717, 1.165) is 0 Å². The van der Waals surface area contributed by atoms with Gasteiger partial charge < -0.3 is 0 Å². The van der Waals surface area contributed by atoms with Gasteiger partial charge in [0, 0.05) is 12.1 Å². The van der Waals surface area contributed by atoms with Crippen LogP contribution in [0.25, 0.3) is 0 Å². The molecule has 0 fully saturated rings. The summed E-state index contributed by atoms with van der Waals surface area (Å²) in [4.78, 5) is 0.00227. The molecule has 1 aromatic rings. The summed E-state index contributed by atoms with van der Waals surface area (Å²) in [6, 6.07) is 5.59. The molecule has 1 rings (SSSR count). The number of rotatable bonds is 4. The smallest absolute Gasteiger partial charge is 0.264 e. The van der Waals surface area contributed by atoms with Crippen molar-refractivity contribution in [2.75, 3.05) is 6.54 Å². The molecule has 1 aromatic carbocycles. The summed E-state index contributed by atoms with van der Waals surface area (Å²) in [6.45, 7) is 1.83. The highest BCUT2D eigenvalue weighted by Crippen LogP contribution is 2.14. The molecule has 5 heteroatoms. The Kier molecular flexibility index (Phi) is 4.07. The molecule has 0 atom stereocenters. The predicted octanol–water partition coefficient (Wildman–Crippen LogP) is 1.41. The molecule has 85 valence electrons. The zero-order valence-corrected chi connectivity index (χ0v) is 9.66. The zero-order chi connectivity index (χ0) is 12.2. The van der Waals surface area contributed by atoms with Crippen LogP contribution in [0.1, 0.15) is 18.9 Å². The molecule has 0 aliphatic heterocycles. The van der Waals surface area contributed by atoms with E-state index in [1.54, 1.807) is 6.92 Å². The summed E-state index contributed by atoms with van der Waals surface area (Å²) in [5, 5.41) is 9.35. The molecule has 1 radical (unpaired) electrons. The molecule has 0 bridgehead atoms. The van der Waals surface area contributed by atoms with Crippen molar-refractivity contribution in [1.29, 1.82) is 0 Å². The van der Waals surface area contributed by atoms with E-state index in [1.165, 1.54) is 24.3 Å². The SMILES string of the molecule is [C]#Cc1ccc(S(=O)(=O)N(O)CCC)cc1. The van der Waals surface area contributed by atoms with Crippen LogP contribution < -0.4 is 0 Å². The first-order valence-corrected chi connectivity index (χ1v) is 6.20. The number of hydrogen-bond donors (Lipinski definition) is 1. The number of benzene rings is 1. The van der Waals surface area contributed by atoms with Gasteiger partial charge in [-0.1, -0.05) is 17.3 Å². The van der Waals surface area contributed by atoms with Crippen molar-refractivity contribution in [3.63, 3.8) is 0 Å². The van der Waals surface area contributed by atoms with Gasteiger partial charge in [-0.3, -0.25) is 5.21 Å². The molecule has 0 amide bonds. The molecule has 0 saturated heterocycles. The average molecular weight is 238 g/mol. The third kappa shape index (κ3) is 2.61. The van der Waals surface area contributed by atoms with E-state index >= 15 is 0 Å². The lowest BCUT2D eigenvalue weighted by atomic mass is 10.2. The predicted molar refractivity (Wildman–Crippen MR) is 58.6 cm³/mol. The van der Waals surface area contributed by atoms with E-state index in [1.807, 2.05) is 0 Å². The summed E-state index contributed by atoms with van der Waals surface area (Å²) in [5.41, 5.74) is 0.485. The molecule has 0 aromatic heterocycles. The summed E-state index contributed by atoms with van der Waals surface area (Å²) in [5.74, 6) is 2.14. The van der Waals surface area contributed by atoms with Crippen LogP contribution in [0.2, 0.25) is 0 Å². The Morgan fingerprint density at radius 3 is 2.38 bits per heavy atom. The molecule has 0 heterocycles. The van der Waals surface area contributed by atoms with Crippen LogP contribution in [0.5, 0.6) is 0 Å². The van der Waals surface area contributed by atoms with E-state index in [2.05, 4.69) is 5.92 Å². The fourth-order valence-corrected chi connectivity index (χ4v) is 2.29. The Morgan fingerprint density at radius 2 is 1.94 bits per heavy atom. The number of hydrogen-bond acceptors (Lipinski definition) is 3. The second-order valence-corrected chi connectivity index (χ2v) is 5.04. The largest absolute Gasteiger partial charge is 0.299 e. The number of hydroxylamine groups is 1. The third-order valence-corrected chi connectivity index (χ3v) is 3.59. The van der Waals surface area contributed by atoms with Gasteiger partial charge in [0.1, 0.15) is 0 Å². The molecule has 4 nitrogen and oxygen atoms in total. The molecule has 0 aliphatic rings. The molecular formula is C11H12NO3S. The van der Waals surface area contributed by atoms with E-state index in [9.17, 15) is 13.6 Å². The standard InChI is InChI=1S/C11H12NO3S/c1-3-9-12(13)16(14,15)11-7-5-10(4-2)6-8-11/h5-8,13H,3,9H2,1H3. The second-order valence-electron chi connectivity index (χ2n) is 3.20. The monoisotopic (exact) mass is 238 g/mol. The molecule has 0 spiro atoms. The first kappa shape index (κ1) is 12.7. The molecule has 0 saturated carbocycles. The normalized spacial score (nSPS) is 11.4. The van der Waals surface area contributed by atoms with Gasteiger partial charge in [0.05, 0.1) is 4.90 Å². The fraction of sp³-hybridized carbons (Fsp3) is 0.273. The van der Waals surface area contributed by atoms with E-state index in [-0.39, 0.29) is 11.4 Å². The van der Waals surface area contributed by atoms with Crippen LogP contribution in [-0.4, -0.2) is 24.6 Å². The highest BCUT2D eigenvalue weighted by molar-refractivity contribution is 7.89. The minimum absolute atomic E-state index is 0.00227. The Balaban J connectivity index is 3.04. The zero-order valence-electron chi connectivity index (χ0n) is 8.84. The Labute approximate surface area is 95.5 Å². The molecule has 1 N–H and O–H groups in total. The minimum atomic E-state index is -3.83. The summed E-state index contributed by atoms with van der Waals surface area (Å²) < 4.78 is 23.8. The molecule has 0 unspecified atom stereocenters. The van der Waals surface area contributed by atoms with Crippen molar-refractivity contribution in [3.8, 4) is 5.92 Å². The van der Waals surface area contributed by atoms with Crippen molar-refractivity contribution in [2.24, 2.45) is 0 Å². The lowest BCUT2D eigenvalue weighted by molar-refractivity contribution is 0.00351. The lowest BCUT2D eigenvalue weighted by Crippen LogP contribution is -2.28. The Hall–Kier alpha value is -1.35. The first-order chi connectivity index (χ1) is 7.52. The Morgan fingerprint density at radius 1 is 1.38 bits per heavy atom. The van der Waals surface area contributed by atoms with Crippen LogP contribution in [0.15, 0.2) is 29.2 Å². The van der Waals surface area contributed by atoms with Gasteiger partial charge in [0.15, 0.2) is 0 Å². The maximum Gasteiger partial charge on any atom is 0.264 e. The summed E-state index contributed by atoms with van der Waals surface area (Å²) >= 11 is 0. The number of nitrogens with zero attached hydrogens (tertiary/aromatic N) is 1. The van der Waals surface area contributed by atoms with Crippen molar-refractivity contribution >= 4 is 10.0 Å². The van der Waals surface area contributed by atoms with Crippen molar-refractivity contribution in [1.82, 2.24) is 4.47 Å². The fourth-order valence-electron chi connectivity index (χ4n) is 1.14. The highest BCUT2D eigenvalue weighted by Gasteiger charge is 2.21. The third-order valence-electron chi connectivity index (χ3n) is 1.99. The van der Waals surface area contributed by atoms with Gasteiger partial charge in [-0.2, -0.15) is 0 Å². The topological polar surface area (TPSA) is 57.6 Å². The second kappa shape index (κ2) is 5.12. The quantitative estimate of drug-likeness (QED) is 0.637. The van der Waals surface area contributed by atoms with Gasteiger partial charge in [0.25, 0.3) is 10.0 Å². The highest BCUT2D eigenvalue weighted by atomic mass is 32.2. The average Bonchev–Trinajstić information content (AvgIpc) is 2.29. The van der Waals surface area contributed by atoms with Crippen LogP contribution in [-0.2, 0) is 10.0 Å². The van der Waals surface area contributed by atoms with E-state index in [4.69, 9.17) is 6.42 Å². The van der Waals surface area contributed by atoms with Crippen molar-refractivity contribution in [2.45, 2.75) is 18.2 Å². The van der Waals surface area contributed by atoms with Crippen LogP contribution in [0, 0.1) is 12.3 Å². The molecule has 16 heavy (non-hydrogen) atoms. The van der Waals surface area contributed by atoms with Crippen molar-refractivity contribution < 1.29 is 13.6 Å². The number of sulfonamides is 1. The maximum absolute atomic E-state index is 11.7. The van der Waals surface area contributed by atoms with Gasteiger partial charge >= 0.3 is 0 Å². The van der Waals surface area contributed by atoms with E-state index < -0.39 is 10.0 Å². The van der Waals surface area contributed by atoms with E-state index in [0.29, 0.717) is 16.5 Å². The van der Waals surface area contributed by atoms with Gasteiger partial charge in [0.2, 0.25) is 0 Å². The van der Waals surface area contributed by atoms with Gasteiger partial charge in [-0.15, -0.1) is 0 Å². The molecular weight excluding hydrogens is 226 g/mol. The van der Waals surface area contributed by atoms with Gasteiger partial charge in [-0.05, 0) is 37.1 Å².